The molecule has 0 bridgehead atoms. The monoisotopic (exact) mass is 446 g/mol. The van der Waals surface area contributed by atoms with Crippen molar-refractivity contribution in [1.82, 2.24) is 14.3 Å². The molecule has 1 fully saturated rings. The van der Waals surface area contributed by atoms with Gasteiger partial charge in [-0.2, -0.15) is 4.31 Å². The highest BCUT2D eigenvalue weighted by Crippen LogP contribution is 2.24. The van der Waals surface area contributed by atoms with E-state index in [1.54, 1.807) is 24.3 Å². The number of halogens is 2. The molecule has 4 rings (SSSR count). The molecule has 0 saturated carbocycles. The molecule has 3 aromatic rings. The topological polar surface area (TPSA) is 66.4 Å². The van der Waals surface area contributed by atoms with Crippen LogP contribution in [0.1, 0.15) is 5.69 Å². The smallest absolute Gasteiger partial charge is 0.243 e. The third-order valence-corrected chi connectivity index (χ3v) is 7.10. The number of sulfonamides is 1. The first kappa shape index (κ1) is 20.7. The standard InChI is InChI=1S/C21H20ClFN4O2S/c1-15-13-20(25-21(24-15)16-3-2-4-18(23)14-16)26-9-11-27(12-10-26)30(28,29)19-7-5-17(22)6-8-19/h2-8,13-14H,9-12H2,1H3. The Kier molecular flexibility index (Phi) is 5.73. The number of nitrogens with zero attached hydrogens (tertiary/aromatic N) is 4. The van der Waals surface area contributed by atoms with Crippen molar-refractivity contribution in [1.29, 1.82) is 0 Å². The molecule has 6 nitrogen and oxygen atoms in total. The number of aryl methyl sites for hydroxylation is 1. The Labute approximate surface area is 180 Å². The third kappa shape index (κ3) is 4.30. The van der Waals surface area contributed by atoms with Crippen LogP contribution in [0.15, 0.2) is 59.5 Å². The average Bonchev–Trinajstić information content (AvgIpc) is 2.74. The van der Waals surface area contributed by atoms with Gasteiger partial charge in [0, 0.05) is 48.5 Å². The second kappa shape index (κ2) is 8.29. The van der Waals surface area contributed by atoms with Gasteiger partial charge in [0.2, 0.25) is 10.0 Å². The van der Waals surface area contributed by atoms with E-state index in [4.69, 9.17) is 11.6 Å². The fourth-order valence-electron chi connectivity index (χ4n) is 3.38. The van der Waals surface area contributed by atoms with Gasteiger partial charge in [0.15, 0.2) is 5.82 Å². The highest BCUT2D eigenvalue weighted by molar-refractivity contribution is 7.89. The molecule has 2 heterocycles. The zero-order chi connectivity index (χ0) is 21.3. The number of hydrogen-bond acceptors (Lipinski definition) is 5. The molecular formula is C21H20ClFN4O2S. The number of hydrogen-bond donors (Lipinski definition) is 0. The summed E-state index contributed by atoms with van der Waals surface area (Å²) in [6.07, 6.45) is 0. The Balaban J connectivity index is 1.52. The van der Waals surface area contributed by atoms with Crippen molar-refractivity contribution in [2.24, 2.45) is 0 Å². The SMILES string of the molecule is Cc1cc(N2CCN(S(=O)(=O)c3ccc(Cl)cc3)CC2)nc(-c2cccc(F)c2)n1. The van der Waals surface area contributed by atoms with Crippen LogP contribution >= 0.6 is 11.6 Å². The first-order valence-electron chi connectivity index (χ1n) is 9.45. The molecule has 9 heteroatoms. The minimum absolute atomic E-state index is 0.228. The molecule has 0 aliphatic carbocycles. The van der Waals surface area contributed by atoms with E-state index in [1.807, 2.05) is 17.9 Å². The largest absolute Gasteiger partial charge is 0.354 e. The fraction of sp³-hybridized carbons (Fsp3) is 0.238. The van der Waals surface area contributed by atoms with E-state index in [0.717, 1.165) is 5.69 Å². The summed E-state index contributed by atoms with van der Waals surface area (Å²) in [5.41, 5.74) is 1.36. The van der Waals surface area contributed by atoms with Gasteiger partial charge in [-0.25, -0.2) is 22.8 Å². The fourth-order valence-corrected chi connectivity index (χ4v) is 4.93. The van der Waals surface area contributed by atoms with Crippen molar-refractivity contribution >= 4 is 27.4 Å². The molecule has 1 saturated heterocycles. The predicted octanol–water partition coefficient (Wildman–Crippen LogP) is 3.76. The average molecular weight is 447 g/mol. The Bertz CT molecular complexity index is 1160. The number of aromatic nitrogens is 2. The van der Waals surface area contributed by atoms with Gasteiger partial charge in [-0.1, -0.05) is 23.7 Å². The van der Waals surface area contributed by atoms with E-state index in [9.17, 15) is 12.8 Å². The maximum absolute atomic E-state index is 13.6. The van der Waals surface area contributed by atoms with Gasteiger partial charge in [0.1, 0.15) is 11.6 Å². The molecule has 0 radical (unpaired) electrons. The summed E-state index contributed by atoms with van der Waals surface area (Å²) in [6, 6.07) is 14.2. The predicted molar refractivity (Wildman–Crippen MR) is 115 cm³/mol. The van der Waals surface area contributed by atoms with Gasteiger partial charge in [0.25, 0.3) is 0 Å². The Morgan fingerprint density at radius 1 is 0.967 bits per heavy atom. The molecule has 1 aliphatic heterocycles. The highest BCUT2D eigenvalue weighted by Gasteiger charge is 2.29. The first-order valence-corrected chi connectivity index (χ1v) is 11.3. The molecule has 2 aromatic carbocycles. The molecule has 1 aliphatic rings. The number of piperazine rings is 1. The highest BCUT2D eigenvalue weighted by atomic mass is 35.5. The van der Waals surface area contributed by atoms with E-state index in [0.29, 0.717) is 48.4 Å². The van der Waals surface area contributed by atoms with Gasteiger partial charge >= 0.3 is 0 Å². The van der Waals surface area contributed by atoms with Gasteiger partial charge < -0.3 is 4.90 Å². The Morgan fingerprint density at radius 3 is 2.33 bits per heavy atom. The number of rotatable bonds is 4. The summed E-state index contributed by atoms with van der Waals surface area (Å²) in [5, 5.41) is 0.493. The first-order chi connectivity index (χ1) is 14.3. The van der Waals surface area contributed by atoms with Crippen molar-refractivity contribution in [2.75, 3.05) is 31.1 Å². The summed E-state index contributed by atoms with van der Waals surface area (Å²) < 4.78 is 40.8. The lowest BCUT2D eigenvalue weighted by atomic mass is 10.2. The third-order valence-electron chi connectivity index (χ3n) is 4.94. The second-order valence-corrected chi connectivity index (χ2v) is 9.42. The van der Waals surface area contributed by atoms with Crippen LogP contribution in [-0.4, -0.2) is 48.9 Å². The summed E-state index contributed by atoms with van der Waals surface area (Å²) >= 11 is 5.86. The molecule has 1 aromatic heterocycles. The van der Waals surface area contributed by atoms with Crippen LogP contribution in [0.3, 0.4) is 0 Å². The van der Waals surface area contributed by atoms with Crippen LogP contribution in [-0.2, 0) is 10.0 Å². The molecule has 0 atom stereocenters. The van der Waals surface area contributed by atoms with Crippen molar-refractivity contribution in [3.63, 3.8) is 0 Å². The zero-order valence-corrected chi connectivity index (χ0v) is 17.9. The van der Waals surface area contributed by atoms with E-state index >= 15 is 0 Å². The van der Waals surface area contributed by atoms with E-state index in [-0.39, 0.29) is 10.7 Å². The lowest BCUT2D eigenvalue weighted by Gasteiger charge is -2.34. The quantitative estimate of drug-likeness (QED) is 0.610. The van der Waals surface area contributed by atoms with Crippen LogP contribution in [0.2, 0.25) is 5.02 Å². The van der Waals surface area contributed by atoms with E-state index in [1.165, 1.54) is 28.6 Å². The van der Waals surface area contributed by atoms with Gasteiger partial charge in [-0.15, -0.1) is 0 Å². The van der Waals surface area contributed by atoms with Crippen LogP contribution in [0.4, 0.5) is 10.2 Å². The van der Waals surface area contributed by atoms with E-state index < -0.39 is 10.0 Å². The summed E-state index contributed by atoms with van der Waals surface area (Å²) in [7, 11) is -3.57. The molecule has 0 spiro atoms. The normalized spacial score (nSPS) is 15.4. The summed E-state index contributed by atoms with van der Waals surface area (Å²) in [4.78, 5) is 11.3. The van der Waals surface area contributed by atoms with Gasteiger partial charge in [-0.05, 0) is 43.3 Å². The molecule has 0 unspecified atom stereocenters. The lowest BCUT2D eigenvalue weighted by Crippen LogP contribution is -2.49. The molecular weight excluding hydrogens is 427 g/mol. The number of anilines is 1. The second-order valence-electron chi connectivity index (χ2n) is 7.05. The van der Waals surface area contributed by atoms with Crippen molar-refractivity contribution in [2.45, 2.75) is 11.8 Å². The van der Waals surface area contributed by atoms with Crippen molar-refractivity contribution in [3.8, 4) is 11.4 Å². The van der Waals surface area contributed by atoms with Crippen LogP contribution in [0.5, 0.6) is 0 Å². The minimum Gasteiger partial charge on any atom is -0.354 e. The van der Waals surface area contributed by atoms with Crippen molar-refractivity contribution in [3.05, 3.63) is 71.1 Å². The summed E-state index contributed by atoms with van der Waals surface area (Å²) in [6.45, 7) is 3.51. The van der Waals surface area contributed by atoms with Gasteiger partial charge in [0.05, 0.1) is 4.90 Å². The van der Waals surface area contributed by atoms with E-state index in [2.05, 4.69) is 9.97 Å². The van der Waals surface area contributed by atoms with Crippen molar-refractivity contribution < 1.29 is 12.8 Å². The molecule has 30 heavy (non-hydrogen) atoms. The number of benzene rings is 2. The Morgan fingerprint density at radius 2 is 1.67 bits per heavy atom. The zero-order valence-electron chi connectivity index (χ0n) is 16.3. The summed E-state index contributed by atoms with van der Waals surface area (Å²) in [5.74, 6) is 0.797. The van der Waals surface area contributed by atoms with Gasteiger partial charge in [-0.3, -0.25) is 0 Å². The van der Waals surface area contributed by atoms with Crippen LogP contribution < -0.4 is 4.90 Å². The maximum Gasteiger partial charge on any atom is 0.243 e. The molecule has 0 amide bonds. The maximum atomic E-state index is 13.6. The molecule has 0 N–H and O–H groups in total. The minimum atomic E-state index is -3.57. The lowest BCUT2D eigenvalue weighted by molar-refractivity contribution is 0.384. The van der Waals surface area contributed by atoms with Crippen LogP contribution in [0.25, 0.3) is 11.4 Å². The Hall–Kier alpha value is -2.55. The molecule has 156 valence electrons. The van der Waals surface area contributed by atoms with Crippen LogP contribution in [0, 0.1) is 12.7 Å².